The molecule has 0 saturated heterocycles. The van der Waals surface area contributed by atoms with E-state index in [2.05, 4.69) is 244 Å². The van der Waals surface area contributed by atoms with Gasteiger partial charge in [-0.05, 0) is 116 Å². The molecule has 0 atom stereocenters. The molecular weight excluding hydrogens is 829 g/mol. The van der Waals surface area contributed by atoms with Crippen molar-refractivity contribution in [2.24, 2.45) is 0 Å². The van der Waals surface area contributed by atoms with E-state index in [-0.39, 0.29) is 0 Å². The van der Waals surface area contributed by atoms with Crippen LogP contribution in [0.1, 0.15) is 50.7 Å². The van der Waals surface area contributed by atoms with Gasteiger partial charge in [0.05, 0.1) is 11.4 Å². The highest BCUT2D eigenvalue weighted by molar-refractivity contribution is 6.35. The highest BCUT2D eigenvalue weighted by Crippen LogP contribution is 2.50. The molecule has 0 fully saturated rings. The van der Waals surface area contributed by atoms with Crippen LogP contribution in [0.15, 0.2) is 215 Å². The number of nitrogens with zero attached hydrogens (tertiary/aromatic N) is 2. The maximum Gasteiger partial charge on any atom is 0.138 e. The molecule has 0 bridgehead atoms. The van der Waals surface area contributed by atoms with Crippen LogP contribution in [0.25, 0.3) is 87.0 Å². The van der Waals surface area contributed by atoms with Gasteiger partial charge in [0, 0.05) is 67.2 Å². The molecule has 0 unspecified atom stereocenters. The van der Waals surface area contributed by atoms with E-state index in [9.17, 15) is 0 Å². The smallest absolute Gasteiger partial charge is 0.138 e. The molecule has 2 heterocycles. The maximum atomic E-state index is 7.02. The molecule has 68 heavy (non-hydrogen) atoms. The van der Waals surface area contributed by atoms with Gasteiger partial charge in [-0.25, -0.2) is 0 Å². The number of hydrogen-bond donors (Lipinski definition) is 0. The molecule has 0 N–H and O–H groups in total. The lowest BCUT2D eigenvalue weighted by Gasteiger charge is -2.27. The van der Waals surface area contributed by atoms with Crippen molar-refractivity contribution in [1.29, 1.82) is 0 Å². The van der Waals surface area contributed by atoms with Gasteiger partial charge >= 0.3 is 0 Å². The molecule has 0 radical (unpaired) electrons. The summed E-state index contributed by atoms with van der Waals surface area (Å²) < 4.78 is 14.0. The number of furan rings is 2. The third-order valence-corrected chi connectivity index (χ3v) is 14.1. The summed E-state index contributed by atoms with van der Waals surface area (Å²) in [6.45, 7) is 9.00. The van der Waals surface area contributed by atoms with Crippen LogP contribution >= 0.6 is 0 Å². The second kappa shape index (κ2) is 15.6. The van der Waals surface area contributed by atoms with Crippen molar-refractivity contribution in [1.82, 2.24) is 0 Å². The number of hydrogen-bond acceptors (Lipinski definition) is 4. The van der Waals surface area contributed by atoms with Crippen molar-refractivity contribution in [2.45, 2.75) is 39.5 Å². The van der Waals surface area contributed by atoms with E-state index < -0.39 is 0 Å². The summed E-state index contributed by atoms with van der Waals surface area (Å²) in [6.07, 6.45) is 0. The standard InChI is InChI=1S/C64H48N2O2/c1-39(2)41-23-25-45-35-49(29-27-43(45)33-41)65(47-15-7-5-8-16-47)55-37-59-61(53-21-13-11-19-51(53)55)63-57(67-59)31-32-58-64(63)62-54-22-14-12-20-52(54)56(38-60(62)68-58)66(48-17-9-6-10-18-48)50-30-28-44-34-42(40(3)4)24-26-46(44)36-50/h5-40H,1-4H3. The molecule has 0 aliphatic rings. The van der Waals surface area contributed by atoms with Crippen LogP contribution in [0.2, 0.25) is 0 Å². The topological polar surface area (TPSA) is 32.8 Å². The van der Waals surface area contributed by atoms with Crippen molar-refractivity contribution >= 4 is 121 Å². The zero-order valence-corrected chi connectivity index (χ0v) is 38.5. The normalized spacial score (nSPS) is 12.1. The summed E-state index contributed by atoms with van der Waals surface area (Å²) >= 11 is 0. The fourth-order valence-corrected chi connectivity index (χ4v) is 10.7. The van der Waals surface area contributed by atoms with E-state index in [1.807, 2.05) is 0 Å². The lowest BCUT2D eigenvalue weighted by Crippen LogP contribution is -2.10. The Morgan fingerprint density at radius 3 is 1.07 bits per heavy atom. The van der Waals surface area contributed by atoms with Gasteiger partial charge in [0.15, 0.2) is 0 Å². The Labute approximate surface area is 394 Å². The van der Waals surface area contributed by atoms with Gasteiger partial charge in [0.25, 0.3) is 0 Å². The van der Waals surface area contributed by atoms with E-state index in [0.717, 1.165) is 99.5 Å². The Morgan fingerprint density at radius 1 is 0.294 bits per heavy atom. The Bertz CT molecular complexity index is 3840. The van der Waals surface area contributed by atoms with Gasteiger partial charge < -0.3 is 18.6 Å². The van der Waals surface area contributed by atoms with Gasteiger partial charge in [0.2, 0.25) is 0 Å². The maximum absolute atomic E-state index is 7.02. The summed E-state index contributed by atoms with van der Waals surface area (Å²) in [7, 11) is 0. The largest absolute Gasteiger partial charge is 0.456 e. The number of para-hydroxylation sites is 2. The van der Waals surface area contributed by atoms with Gasteiger partial charge in [-0.3, -0.25) is 0 Å². The molecule has 13 aromatic rings. The van der Waals surface area contributed by atoms with Crippen LogP contribution < -0.4 is 9.80 Å². The first-order valence-corrected chi connectivity index (χ1v) is 23.8. The van der Waals surface area contributed by atoms with Gasteiger partial charge in [0.1, 0.15) is 22.3 Å². The fourth-order valence-electron chi connectivity index (χ4n) is 10.7. The summed E-state index contributed by atoms with van der Waals surface area (Å²) in [4.78, 5) is 4.75. The average molecular weight is 877 g/mol. The molecular formula is C64H48N2O2. The molecule has 0 spiro atoms. The Morgan fingerprint density at radius 2 is 0.662 bits per heavy atom. The minimum atomic E-state index is 0.462. The number of rotatable bonds is 8. The first-order valence-electron chi connectivity index (χ1n) is 23.8. The summed E-state index contributed by atoms with van der Waals surface area (Å²) in [5.74, 6) is 0.924. The highest BCUT2D eigenvalue weighted by atomic mass is 16.3. The Balaban J connectivity index is 1.05. The van der Waals surface area contributed by atoms with Gasteiger partial charge in [-0.15, -0.1) is 0 Å². The minimum absolute atomic E-state index is 0.462. The first-order chi connectivity index (χ1) is 33.4. The van der Waals surface area contributed by atoms with Gasteiger partial charge in [-0.2, -0.15) is 0 Å². The van der Waals surface area contributed by atoms with Crippen molar-refractivity contribution in [2.75, 3.05) is 9.80 Å². The van der Waals surface area contributed by atoms with E-state index in [1.165, 1.54) is 32.7 Å². The molecule has 0 saturated carbocycles. The number of benzene rings is 11. The predicted molar refractivity (Wildman–Crippen MR) is 289 cm³/mol. The van der Waals surface area contributed by atoms with Crippen LogP contribution in [0.4, 0.5) is 34.1 Å². The molecule has 11 aromatic carbocycles. The highest BCUT2D eigenvalue weighted by Gasteiger charge is 2.26. The molecule has 2 aromatic heterocycles. The Hall–Kier alpha value is -8.34. The van der Waals surface area contributed by atoms with Crippen LogP contribution in [0, 0.1) is 0 Å². The third kappa shape index (κ3) is 6.36. The second-order valence-corrected chi connectivity index (χ2v) is 18.9. The number of fused-ring (bicyclic) bond motifs is 13. The quantitative estimate of drug-likeness (QED) is 0.152. The molecule has 0 aliphatic heterocycles. The predicted octanol–water partition coefficient (Wildman–Crippen LogP) is 19.3. The first kappa shape index (κ1) is 40.0. The van der Waals surface area contributed by atoms with E-state index in [1.54, 1.807) is 0 Å². The lowest BCUT2D eigenvalue weighted by molar-refractivity contribution is 0.663. The molecule has 0 amide bonds. The zero-order valence-electron chi connectivity index (χ0n) is 38.5. The van der Waals surface area contributed by atoms with Crippen LogP contribution in [0.5, 0.6) is 0 Å². The van der Waals surface area contributed by atoms with Crippen molar-refractivity contribution < 1.29 is 8.83 Å². The van der Waals surface area contributed by atoms with Gasteiger partial charge in [-0.1, -0.05) is 161 Å². The van der Waals surface area contributed by atoms with E-state index in [4.69, 9.17) is 8.83 Å². The molecule has 4 nitrogen and oxygen atoms in total. The van der Waals surface area contributed by atoms with Crippen molar-refractivity contribution in [3.8, 4) is 0 Å². The Kier molecular flexibility index (Phi) is 9.20. The van der Waals surface area contributed by atoms with Crippen LogP contribution in [-0.2, 0) is 0 Å². The zero-order chi connectivity index (χ0) is 45.6. The van der Waals surface area contributed by atoms with Crippen LogP contribution in [0.3, 0.4) is 0 Å². The molecule has 0 aliphatic carbocycles. The van der Waals surface area contributed by atoms with Crippen LogP contribution in [-0.4, -0.2) is 0 Å². The fraction of sp³-hybridized carbons (Fsp3) is 0.0938. The number of anilines is 6. The average Bonchev–Trinajstić information content (AvgIpc) is 3.95. The third-order valence-electron chi connectivity index (χ3n) is 14.1. The monoisotopic (exact) mass is 876 g/mol. The SMILES string of the molecule is CC(C)c1ccc2cc(N(c3ccccc3)c3cc4oc5ccc6oc7cc(N(c8ccccc8)c8ccc9cc(C(C)C)ccc9c8)c8ccccc8c7c6c5c4c4ccccc34)ccc2c1. The minimum Gasteiger partial charge on any atom is -0.456 e. The summed E-state index contributed by atoms with van der Waals surface area (Å²) in [6, 6.07) is 74.9. The molecule has 326 valence electrons. The van der Waals surface area contributed by atoms with Crippen molar-refractivity contribution in [3.63, 3.8) is 0 Å². The molecule has 4 heteroatoms. The lowest BCUT2D eigenvalue weighted by atomic mass is 9.96. The summed E-state index contributed by atoms with van der Waals surface area (Å²) in [5, 5.41) is 13.7. The van der Waals surface area contributed by atoms with E-state index >= 15 is 0 Å². The summed E-state index contributed by atoms with van der Waals surface area (Å²) in [5.41, 5.74) is 12.4. The van der Waals surface area contributed by atoms with Crippen molar-refractivity contribution in [3.05, 3.63) is 217 Å². The van der Waals surface area contributed by atoms with E-state index in [0.29, 0.717) is 11.8 Å². The second-order valence-electron chi connectivity index (χ2n) is 18.9. The molecule has 13 rings (SSSR count).